The van der Waals surface area contributed by atoms with Crippen LogP contribution >= 0.6 is 23.2 Å². The summed E-state index contributed by atoms with van der Waals surface area (Å²) in [6, 6.07) is 12.2. The van der Waals surface area contributed by atoms with E-state index in [9.17, 15) is 14.4 Å². The number of rotatable bonds is 2. The molecule has 6 nitrogen and oxygen atoms in total. The Morgan fingerprint density at radius 2 is 1.77 bits per heavy atom. The number of aromatic nitrogens is 2. The third kappa shape index (κ3) is 2.54. The second-order valence-corrected chi connectivity index (χ2v) is 8.00. The Morgan fingerprint density at radius 3 is 2.47 bits per heavy atom. The van der Waals surface area contributed by atoms with Crippen molar-refractivity contribution < 1.29 is 4.79 Å². The number of halogens is 2. The van der Waals surface area contributed by atoms with Gasteiger partial charge in [0.25, 0.3) is 5.56 Å². The lowest BCUT2D eigenvalue weighted by atomic mass is 9.81. The fraction of sp³-hybridized carbons (Fsp3) is 0.136. The van der Waals surface area contributed by atoms with Gasteiger partial charge in [-0.3, -0.25) is 19.1 Å². The molecular formula is C22H15Cl2N3O3. The molecular weight excluding hydrogens is 425 g/mol. The zero-order chi connectivity index (χ0) is 21.2. The van der Waals surface area contributed by atoms with Crippen molar-refractivity contribution in [1.82, 2.24) is 9.55 Å². The molecule has 3 aromatic rings. The summed E-state index contributed by atoms with van der Waals surface area (Å²) in [7, 11) is 0. The summed E-state index contributed by atoms with van der Waals surface area (Å²) >= 11 is 12.6. The van der Waals surface area contributed by atoms with E-state index in [1.807, 2.05) is 19.1 Å². The number of hydrogen-bond donors (Lipinski definition) is 2. The Kier molecular flexibility index (Phi) is 4.24. The van der Waals surface area contributed by atoms with Crippen molar-refractivity contribution in [1.29, 1.82) is 0 Å². The van der Waals surface area contributed by atoms with Crippen LogP contribution in [0, 0.1) is 0 Å². The standard InChI is InChI=1S/C22H15Cl2N3O3/c1-2-27-20-17(21(29)26-22(27)30)15(13-8-7-10(23)9-14(13)24)16-18(25-20)11-5-3-4-6-12(11)19(16)28/h3-9,15,25H,2H2,1H3,(H,26,29,30). The number of nitrogens with zero attached hydrogens (tertiary/aromatic N) is 1. The molecule has 2 heterocycles. The van der Waals surface area contributed by atoms with E-state index in [0.29, 0.717) is 44.8 Å². The Bertz CT molecular complexity index is 1400. The highest BCUT2D eigenvalue weighted by atomic mass is 35.5. The third-order valence-electron chi connectivity index (χ3n) is 5.60. The molecule has 1 aliphatic carbocycles. The SMILES string of the molecule is CCn1c2c(c(=O)[nH]c1=O)C(c1ccc(Cl)cc1Cl)C1=C(N2)c2ccccc2C1=O. The lowest BCUT2D eigenvalue weighted by molar-refractivity contribution is 0.103. The lowest BCUT2D eigenvalue weighted by Gasteiger charge is -2.30. The molecule has 2 aliphatic rings. The Hall–Kier alpha value is -3.09. The van der Waals surface area contributed by atoms with Gasteiger partial charge in [-0.1, -0.05) is 53.5 Å². The number of nitrogens with one attached hydrogen (secondary N) is 2. The number of carbonyl (C=O) groups is 1. The number of Topliss-reactive ketones (excluding diaryl/α,β-unsaturated/α-hetero) is 1. The molecule has 0 radical (unpaired) electrons. The normalized spacial score (nSPS) is 16.8. The number of anilines is 1. The third-order valence-corrected chi connectivity index (χ3v) is 6.16. The fourth-order valence-electron chi connectivity index (χ4n) is 4.31. The molecule has 150 valence electrons. The largest absolute Gasteiger partial charge is 0.340 e. The molecule has 0 spiro atoms. The van der Waals surface area contributed by atoms with E-state index >= 15 is 0 Å². The molecule has 30 heavy (non-hydrogen) atoms. The van der Waals surface area contributed by atoms with Crippen molar-refractivity contribution in [2.45, 2.75) is 19.4 Å². The average Bonchev–Trinajstić information content (AvgIpc) is 3.00. The average molecular weight is 440 g/mol. The van der Waals surface area contributed by atoms with Crippen LogP contribution in [0.1, 0.15) is 39.9 Å². The highest BCUT2D eigenvalue weighted by Crippen LogP contribution is 2.49. The first-order valence-electron chi connectivity index (χ1n) is 9.39. The number of aromatic amines is 1. The predicted molar refractivity (Wildman–Crippen MR) is 117 cm³/mol. The topological polar surface area (TPSA) is 84.0 Å². The fourth-order valence-corrected chi connectivity index (χ4v) is 4.83. The maximum Gasteiger partial charge on any atom is 0.329 e. The predicted octanol–water partition coefficient (Wildman–Crippen LogP) is 4.03. The molecule has 1 aromatic heterocycles. The highest BCUT2D eigenvalue weighted by molar-refractivity contribution is 6.35. The van der Waals surface area contributed by atoms with Gasteiger partial charge in [-0.05, 0) is 24.6 Å². The maximum absolute atomic E-state index is 13.4. The quantitative estimate of drug-likeness (QED) is 0.631. The number of carbonyl (C=O) groups excluding carboxylic acids is 1. The molecule has 0 amide bonds. The molecule has 2 aromatic carbocycles. The lowest BCUT2D eigenvalue weighted by Crippen LogP contribution is -2.38. The number of allylic oxidation sites excluding steroid dienone is 1. The summed E-state index contributed by atoms with van der Waals surface area (Å²) < 4.78 is 1.45. The van der Waals surface area contributed by atoms with Gasteiger partial charge in [0, 0.05) is 33.3 Å². The van der Waals surface area contributed by atoms with Crippen LogP contribution in [0.5, 0.6) is 0 Å². The first-order chi connectivity index (χ1) is 14.4. The Labute approximate surface area is 180 Å². The van der Waals surface area contributed by atoms with Crippen LogP contribution in [-0.4, -0.2) is 15.3 Å². The van der Waals surface area contributed by atoms with Crippen LogP contribution in [-0.2, 0) is 6.54 Å². The van der Waals surface area contributed by atoms with Crippen molar-refractivity contribution in [3.05, 3.63) is 101 Å². The molecule has 5 rings (SSSR count). The van der Waals surface area contributed by atoms with Crippen LogP contribution in [0.25, 0.3) is 5.70 Å². The Morgan fingerprint density at radius 1 is 1.03 bits per heavy atom. The van der Waals surface area contributed by atoms with Gasteiger partial charge >= 0.3 is 5.69 Å². The monoisotopic (exact) mass is 439 g/mol. The molecule has 0 saturated heterocycles. The molecule has 1 aliphatic heterocycles. The molecule has 8 heteroatoms. The van der Waals surface area contributed by atoms with Gasteiger partial charge in [-0.2, -0.15) is 0 Å². The van der Waals surface area contributed by atoms with Gasteiger partial charge in [-0.25, -0.2) is 4.79 Å². The van der Waals surface area contributed by atoms with Crippen molar-refractivity contribution in [2.75, 3.05) is 5.32 Å². The molecule has 2 N–H and O–H groups in total. The number of benzene rings is 2. The van der Waals surface area contributed by atoms with Gasteiger partial charge in [0.2, 0.25) is 0 Å². The van der Waals surface area contributed by atoms with Gasteiger partial charge in [0.05, 0.1) is 17.2 Å². The molecule has 1 atom stereocenters. The zero-order valence-electron chi connectivity index (χ0n) is 15.8. The molecule has 0 bridgehead atoms. The van der Waals surface area contributed by atoms with E-state index in [-0.39, 0.29) is 11.3 Å². The van der Waals surface area contributed by atoms with Gasteiger partial charge in [-0.15, -0.1) is 0 Å². The second-order valence-electron chi connectivity index (χ2n) is 7.15. The van der Waals surface area contributed by atoms with E-state index < -0.39 is 17.2 Å². The zero-order valence-corrected chi connectivity index (χ0v) is 17.3. The maximum atomic E-state index is 13.4. The highest BCUT2D eigenvalue weighted by Gasteiger charge is 2.43. The van der Waals surface area contributed by atoms with Crippen LogP contribution in [0.4, 0.5) is 5.82 Å². The van der Waals surface area contributed by atoms with Gasteiger partial charge < -0.3 is 5.32 Å². The van der Waals surface area contributed by atoms with E-state index in [4.69, 9.17) is 23.2 Å². The summed E-state index contributed by atoms with van der Waals surface area (Å²) in [5.41, 5.74) is 2.07. The van der Waals surface area contributed by atoms with Crippen LogP contribution in [0.15, 0.2) is 57.6 Å². The van der Waals surface area contributed by atoms with E-state index in [1.165, 1.54) is 4.57 Å². The Balaban J connectivity index is 1.90. The minimum Gasteiger partial charge on any atom is -0.340 e. The molecule has 0 saturated carbocycles. The van der Waals surface area contributed by atoms with Crippen molar-refractivity contribution >= 4 is 40.5 Å². The van der Waals surface area contributed by atoms with Crippen LogP contribution in [0.2, 0.25) is 10.0 Å². The number of hydrogen-bond acceptors (Lipinski definition) is 4. The van der Waals surface area contributed by atoms with E-state index in [1.54, 1.807) is 30.3 Å². The van der Waals surface area contributed by atoms with Crippen molar-refractivity contribution in [2.24, 2.45) is 0 Å². The number of fused-ring (bicyclic) bond motifs is 3. The van der Waals surface area contributed by atoms with Gasteiger partial charge in [0.1, 0.15) is 5.82 Å². The van der Waals surface area contributed by atoms with Crippen molar-refractivity contribution in [3.8, 4) is 0 Å². The van der Waals surface area contributed by atoms with Crippen LogP contribution in [0.3, 0.4) is 0 Å². The number of ketones is 1. The minimum absolute atomic E-state index is 0.177. The van der Waals surface area contributed by atoms with Gasteiger partial charge in [0.15, 0.2) is 5.78 Å². The first-order valence-corrected chi connectivity index (χ1v) is 10.1. The smallest absolute Gasteiger partial charge is 0.329 e. The van der Waals surface area contributed by atoms with Crippen molar-refractivity contribution in [3.63, 3.8) is 0 Å². The summed E-state index contributed by atoms with van der Waals surface area (Å²) in [4.78, 5) is 41.2. The molecule has 0 fully saturated rings. The minimum atomic E-state index is -0.747. The summed E-state index contributed by atoms with van der Waals surface area (Å²) in [5, 5.41) is 3.99. The summed E-state index contributed by atoms with van der Waals surface area (Å²) in [6.45, 7) is 2.15. The first kappa shape index (κ1) is 18.9. The van der Waals surface area contributed by atoms with E-state index in [0.717, 1.165) is 5.56 Å². The molecule has 1 unspecified atom stereocenters. The summed E-state index contributed by atoms with van der Waals surface area (Å²) in [5.74, 6) is -0.558. The van der Waals surface area contributed by atoms with Crippen LogP contribution < -0.4 is 16.6 Å². The summed E-state index contributed by atoms with van der Waals surface area (Å²) in [6.07, 6.45) is 0. The van der Waals surface area contributed by atoms with E-state index in [2.05, 4.69) is 10.3 Å². The second kappa shape index (κ2) is 6.72. The number of H-pyrrole nitrogens is 1.